The van der Waals surface area contributed by atoms with Crippen molar-refractivity contribution in [2.75, 3.05) is 5.32 Å². The zero-order valence-corrected chi connectivity index (χ0v) is 12.3. The first-order chi connectivity index (χ1) is 8.56. The van der Waals surface area contributed by atoms with Gasteiger partial charge in [-0.15, -0.1) is 11.3 Å². The summed E-state index contributed by atoms with van der Waals surface area (Å²) in [6.07, 6.45) is 1.72. The van der Waals surface area contributed by atoms with Gasteiger partial charge in [0, 0.05) is 21.2 Å². The molecule has 0 atom stereocenters. The van der Waals surface area contributed by atoms with Gasteiger partial charge in [-0.05, 0) is 34.1 Å². The number of carbonyl (C=O) groups is 1. The summed E-state index contributed by atoms with van der Waals surface area (Å²) in [6, 6.07) is 5.34. The number of carbonyl (C=O) groups excluding carboxylic acids is 1. The molecule has 0 aliphatic rings. The monoisotopic (exact) mass is 345 g/mol. The van der Waals surface area contributed by atoms with Crippen LogP contribution in [0.2, 0.25) is 4.47 Å². The number of thiazole rings is 1. The second-order valence-electron chi connectivity index (χ2n) is 3.49. The molecule has 0 radical (unpaired) electrons. The van der Waals surface area contributed by atoms with Crippen molar-refractivity contribution in [2.45, 2.75) is 6.54 Å². The molecule has 1 heterocycles. The van der Waals surface area contributed by atoms with Crippen molar-refractivity contribution in [3.8, 4) is 0 Å². The molecule has 0 bridgehead atoms. The third kappa shape index (κ3) is 3.22. The standard InChI is InChI=1S/C11H9BrClN3OS/c12-9-2-1-6(3-8(9)10(14)17)15-4-7-5-16-11(13)18-7/h1-3,5,15H,4H2,(H2,14,17). The summed E-state index contributed by atoms with van der Waals surface area (Å²) >= 11 is 10.4. The predicted octanol–water partition coefficient (Wildman–Crippen LogP) is 3.27. The van der Waals surface area contributed by atoms with Crippen LogP contribution < -0.4 is 11.1 Å². The lowest BCUT2D eigenvalue weighted by molar-refractivity contribution is 0.0999. The van der Waals surface area contributed by atoms with Gasteiger partial charge in [-0.3, -0.25) is 4.79 Å². The molecule has 0 aliphatic carbocycles. The molecule has 0 saturated heterocycles. The second-order valence-corrected chi connectivity index (χ2v) is 6.04. The Morgan fingerprint density at radius 3 is 2.94 bits per heavy atom. The van der Waals surface area contributed by atoms with Crippen LogP contribution in [0.15, 0.2) is 28.9 Å². The lowest BCUT2D eigenvalue weighted by atomic mass is 10.2. The molecule has 2 rings (SSSR count). The number of aromatic nitrogens is 1. The third-order valence-corrected chi connectivity index (χ3v) is 4.03. The lowest BCUT2D eigenvalue weighted by Gasteiger charge is -2.07. The van der Waals surface area contributed by atoms with E-state index < -0.39 is 5.91 Å². The van der Waals surface area contributed by atoms with Crippen LogP contribution in [-0.2, 0) is 6.54 Å². The molecule has 0 fully saturated rings. The summed E-state index contributed by atoms with van der Waals surface area (Å²) in [5.74, 6) is -0.466. The number of benzene rings is 1. The topological polar surface area (TPSA) is 68.0 Å². The van der Waals surface area contributed by atoms with Gasteiger partial charge < -0.3 is 11.1 Å². The Morgan fingerprint density at radius 1 is 1.56 bits per heavy atom. The molecule has 0 aliphatic heterocycles. The summed E-state index contributed by atoms with van der Waals surface area (Å²) in [5.41, 5.74) is 6.53. The fourth-order valence-corrected chi connectivity index (χ4v) is 2.74. The fraction of sp³-hybridized carbons (Fsp3) is 0.0909. The van der Waals surface area contributed by atoms with Crippen LogP contribution in [0, 0.1) is 0 Å². The van der Waals surface area contributed by atoms with Crippen LogP contribution in [0.5, 0.6) is 0 Å². The predicted molar refractivity (Wildman–Crippen MR) is 77.1 cm³/mol. The van der Waals surface area contributed by atoms with Gasteiger partial charge >= 0.3 is 0 Å². The summed E-state index contributed by atoms with van der Waals surface area (Å²) < 4.78 is 1.20. The van der Waals surface area contributed by atoms with Gasteiger partial charge in [0.1, 0.15) is 0 Å². The van der Waals surface area contributed by atoms with E-state index >= 15 is 0 Å². The zero-order valence-electron chi connectivity index (χ0n) is 9.11. The van der Waals surface area contributed by atoms with Crippen molar-refractivity contribution in [1.29, 1.82) is 0 Å². The molecule has 3 N–H and O–H groups in total. The first kappa shape index (κ1) is 13.3. The molecule has 0 saturated carbocycles. The number of nitrogens with zero attached hydrogens (tertiary/aromatic N) is 1. The van der Waals surface area contributed by atoms with Crippen LogP contribution in [0.1, 0.15) is 15.2 Å². The first-order valence-corrected chi connectivity index (χ1v) is 6.98. The Morgan fingerprint density at radius 2 is 2.33 bits per heavy atom. The summed E-state index contributed by atoms with van der Waals surface area (Å²) in [7, 11) is 0. The average Bonchev–Trinajstić information content (AvgIpc) is 2.74. The van der Waals surface area contributed by atoms with Gasteiger partial charge in [0.2, 0.25) is 5.91 Å². The molecule has 1 aromatic heterocycles. The van der Waals surface area contributed by atoms with E-state index in [1.807, 2.05) is 6.07 Å². The minimum absolute atomic E-state index is 0.447. The molecule has 1 aromatic carbocycles. The van der Waals surface area contributed by atoms with E-state index in [2.05, 4.69) is 26.2 Å². The zero-order chi connectivity index (χ0) is 13.1. The van der Waals surface area contributed by atoms with Crippen molar-refractivity contribution in [3.63, 3.8) is 0 Å². The maximum Gasteiger partial charge on any atom is 0.249 e. The van der Waals surface area contributed by atoms with Crippen LogP contribution in [0.4, 0.5) is 5.69 Å². The van der Waals surface area contributed by atoms with E-state index in [4.69, 9.17) is 17.3 Å². The van der Waals surface area contributed by atoms with Gasteiger partial charge in [0.05, 0.1) is 12.1 Å². The molecule has 18 heavy (non-hydrogen) atoms. The summed E-state index contributed by atoms with van der Waals surface area (Å²) in [4.78, 5) is 16.2. The molecule has 0 unspecified atom stereocenters. The average molecular weight is 347 g/mol. The highest BCUT2D eigenvalue weighted by Gasteiger charge is 2.07. The number of amides is 1. The molecule has 7 heteroatoms. The second kappa shape index (κ2) is 5.69. The molecule has 1 amide bonds. The minimum Gasteiger partial charge on any atom is -0.380 e. The van der Waals surface area contributed by atoms with Crippen molar-refractivity contribution in [3.05, 3.63) is 43.8 Å². The van der Waals surface area contributed by atoms with E-state index in [1.54, 1.807) is 18.3 Å². The number of anilines is 1. The molecular formula is C11H9BrClN3OS. The molecular weight excluding hydrogens is 338 g/mol. The largest absolute Gasteiger partial charge is 0.380 e. The van der Waals surface area contributed by atoms with Crippen molar-refractivity contribution >= 4 is 50.5 Å². The lowest BCUT2D eigenvalue weighted by Crippen LogP contribution is -2.12. The van der Waals surface area contributed by atoms with E-state index in [-0.39, 0.29) is 0 Å². The van der Waals surface area contributed by atoms with Crippen LogP contribution in [-0.4, -0.2) is 10.9 Å². The first-order valence-electron chi connectivity index (χ1n) is 4.99. The van der Waals surface area contributed by atoms with Gasteiger partial charge in [-0.2, -0.15) is 0 Å². The fourth-order valence-electron chi connectivity index (χ4n) is 1.38. The highest BCUT2D eigenvalue weighted by atomic mass is 79.9. The number of rotatable bonds is 4. The Balaban J connectivity index is 2.10. The number of hydrogen-bond acceptors (Lipinski definition) is 4. The van der Waals surface area contributed by atoms with Crippen molar-refractivity contribution < 1.29 is 4.79 Å². The quantitative estimate of drug-likeness (QED) is 0.893. The molecule has 2 aromatic rings. The Kier molecular flexibility index (Phi) is 4.21. The number of halogens is 2. The van der Waals surface area contributed by atoms with E-state index in [0.29, 0.717) is 21.0 Å². The highest BCUT2D eigenvalue weighted by molar-refractivity contribution is 9.10. The van der Waals surface area contributed by atoms with Crippen LogP contribution in [0.3, 0.4) is 0 Å². The van der Waals surface area contributed by atoms with Gasteiger partial charge in [0.15, 0.2) is 4.47 Å². The highest BCUT2D eigenvalue weighted by Crippen LogP contribution is 2.22. The molecule has 0 spiro atoms. The normalized spacial score (nSPS) is 10.3. The van der Waals surface area contributed by atoms with Crippen LogP contribution >= 0.6 is 38.9 Å². The van der Waals surface area contributed by atoms with Gasteiger partial charge in [-0.25, -0.2) is 4.98 Å². The third-order valence-electron chi connectivity index (χ3n) is 2.22. The van der Waals surface area contributed by atoms with Gasteiger partial charge in [-0.1, -0.05) is 11.6 Å². The smallest absolute Gasteiger partial charge is 0.249 e. The van der Waals surface area contributed by atoms with Crippen molar-refractivity contribution in [2.24, 2.45) is 5.73 Å². The van der Waals surface area contributed by atoms with Crippen molar-refractivity contribution in [1.82, 2.24) is 4.98 Å². The van der Waals surface area contributed by atoms with E-state index in [1.165, 1.54) is 11.3 Å². The summed E-state index contributed by atoms with van der Waals surface area (Å²) in [6.45, 7) is 0.601. The van der Waals surface area contributed by atoms with Gasteiger partial charge in [0.25, 0.3) is 0 Å². The molecule has 4 nitrogen and oxygen atoms in total. The number of nitrogens with two attached hydrogens (primary N) is 1. The van der Waals surface area contributed by atoms with E-state index in [9.17, 15) is 4.79 Å². The SMILES string of the molecule is NC(=O)c1cc(NCc2cnc(Cl)s2)ccc1Br. The maximum absolute atomic E-state index is 11.2. The Bertz CT molecular complexity index is 587. The maximum atomic E-state index is 11.2. The number of hydrogen-bond donors (Lipinski definition) is 2. The Hall–Kier alpha value is -1.11. The number of primary amides is 1. The minimum atomic E-state index is -0.466. The van der Waals surface area contributed by atoms with E-state index in [0.717, 1.165) is 10.6 Å². The summed E-state index contributed by atoms with van der Waals surface area (Å²) in [5, 5.41) is 3.18. The number of nitrogens with one attached hydrogen (secondary N) is 1. The van der Waals surface area contributed by atoms with Crippen LogP contribution in [0.25, 0.3) is 0 Å². The molecule has 94 valence electrons. The Labute approximate surface area is 121 Å².